The summed E-state index contributed by atoms with van der Waals surface area (Å²) in [6.45, 7) is 0. The van der Waals surface area contributed by atoms with Crippen molar-refractivity contribution in [2.24, 2.45) is 5.92 Å². The average molecular weight is 469 g/mol. The van der Waals surface area contributed by atoms with Gasteiger partial charge >= 0.3 is 0 Å². The van der Waals surface area contributed by atoms with E-state index in [2.05, 4.69) is 0 Å². The fraction of sp³-hybridized carbons (Fsp3) is 0.167. The highest BCUT2D eigenvalue weighted by molar-refractivity contribution is 6.42. The Hall–Kier alpha value is -3.06. The van der Waals surface area contributed by atoms with E-state index in [1.807, 2.05) is 54.6 Å². The first kappa shape index (κ1) is 20.8. The molecular formula is C24H18Cl2N2O4. The Bertz CT molecular complexity index is 1180. The Kier molecular flexibility index (Phi) is 5.29. The maximum atomic E-state index is 13.7. The number of halogens is 2. The molecule has 0 N–H and O–H groups in total. The molecule has 32 heavy (non-hydrogen) atoms. The van der Waals surface area contributed by atoms with Crippen LogP contribution in [0.4, 0.5) is 11.4 Å². The van der Waals surface area contributed by atoms with Gasteiger partial charge in [0.2, 0.25) is 5.91 Å². The standard InChI is InChI=1S/C24H18Cl2N2O4/c1-31-18-13-6-5-10-15(18)20-19-22(32-28(20)14-8-3-2-4-9-14)24(30)27(23(19)29)21-16(25)11-7-12-17(21)26/h2-13,19-20,22H,1H3/t19-,20-,22-/m1/s1. The molecule has 0 saturated carbocycles. The SMILES string of the molecule is COc1ccccc1[C@@H]1[C@H]2C(=O)N(c3c(Cl)cccc3Cl)C(=O)[C@@H]2ON1c1ccccc1. The van der Waals surface area contributed by atoms with Gasteiger partial charge in [-0.2, -0.15) is 0 Å². The Labute approximate surface area is 194 Å². The molecule has 3 aromatic carbocycles. The second-order valence-corrected chi connectivity index (χ2v) is 8.30. The Balaban J connectivity index is 1.64. The predicted octanol–water partition coefficient (Wildman–Crippen LogP) is 5.05. The number of anilines is 2. The number of carbonyl (C=O) groups is 2. The molecule has 3 aromatic rings. The smallest absolute Gasteiger partial charge is 0.266 e. The van der Waals surface area contributed by atoms with Crippen molar-refractivity contribution in [1.82, 2.24) is 0 Å². The molecule has 162 valence electrons. The van der Waals surface area contributed by atoms with Crippen molar-refractivity contribution in [3.05, 3.63) is 88.4 Å². The lowest BCUT2D eigenvalue weighted by atomic mass is 9.90. The van der Waals surface area contributed by atoms with Crippen LogP contribution in [0.2, 0.25) is 10.0 Å². The Morgan fingerprint density at radius 1 is 0.844 bits per heavy atom. The van der Waals surface area contributed by atoms with E-state index in [4.69, 9.17) is 32.8 Å². The van der Waals surface area contributed by atoms with Gasteiger partial charge in [0.05, 0.1) is 34.6 Å². The van der Waals surface area contributed by atoms with Crippen LogP contribution in [-0.2, 0) is 14.4 Å². The van der Waals surface area contributed by atoms with Crippen LogP contribution in [0.15, 0.2) is 72.8 Å². The monoisotopic (exact) mass is 468 g/mol. The van der Waals surface area contributed by atoms with E-state index in [1.54, 1.807) is 30.4 Å². The van der Waals surface area contributed by atoms with E-state index in [9.17, 15) is 9.59 Å². The summed E-state index contributed by atoms with van der Waals surface area (Å²) in [4.78, 5) is 34.3. The van der Waals surface area contributed by atoms with Crippen molar-refractivity contribution >= 4 is 46.4 Å². The lowest BCUT2D eigenvalue weighted by molar-refractivity contribution is -0.126. The van der Waals surface area contributed by atoms with Crippen LogP contribution in [0, 0.1) is 5.92 Å². The summed E-state index contributed by atoms with van der Waals surface area (Å²) in [6, 6.07) is 21.0. The second-order valence-electron chi connectivity index (χ2n) is 7.48. The van der Waals surface area contributed by atoms with Crippen molar-refractivity contribution in [3.63, 3.8) is 0 Å². The van der Waals surface area contributed by atoms with Gasteiger partial charge < -0.3 is 4.74 Å². The zero-order valence-corrected chi connectivity index (χ0v) is 18.5. The topological polar surface area (TPSA) is 59.1 Å². The summed E-state index contributed by atoms with van der Waals surface area (Å²) in [7, 11) is 1.57. The van der Waals surface area contributed by atoms with Crippen LogP contribution in [0.5, 0.6) is 5.75 Å². The van der Waals surface area contributed by atoms with Gasteiger partial charge in [-0.3, -0.25) is 14.4 Å². The third kappa shape index (κ3) is 3.14. The number of ether oxygens (including phenoxy) is 1. The van der Waals surface area contributed by atoms with E-state index in [0.717, 1.165) is 16.2 Å². The second kappa shape index (κ2) is 8.13. The first-order chi connectivity index (χ1) is 15.5. The van der Waals surface area contributed by atoms with Crippen molar-refractivity contribution in [2.45, 2.75) is 12.1 Å². The molecule has 0 radical (unpaired) electrons. The van der Waals surface area contributed by atoms with Gasteiger partial charge in [0.25, 0.3) is 5.91 Å². The summed E-state index contributed by atoms with van der Waals surface area (Å²) in [5.74, 6) is -1.15. The maximum absolute atomic E-state index is 13.7. The number of carbonyl (C=O) groups excluding carboxylic acids is 2. The number of nitrogens with zero attached hydrogens (tertiary/aromatic N) is 2. The molecule has 2 aliphatic heterocycles. The molecule has 2 saturated heterocycles. The van der Waals surface area contributed by atoms with Crippen LogP contribution < -0.4 is 14.7 Å². The number of imide groups is 1. The molecule has 0 bridgehead atoms. The van der Waals surface area contributed by atoms with E-state index in [1.165, 1.54) is 0 Å². The number of methoxy groups -OCH3 is 1. The van der Waals surface area contributed by atoms with Crippen LogP contribution in [-0.4, -0.2) is 25.0 Å². The minimum Gasteiger partial charge on any atom is -0.496 e. The van der Waals surface area contributed by atoms with Gasteiger partial charge in [0.15, 0.2) is 6.10 Å². The van der Waals surface area contributed by atoms with E-state index in [-0.39, 0.29) is 15.7 Å². The van der Waals surface area contributed by atoms with Gasteiger partial charge in [-0.15, -0.1) is 0 Å². The molecule has 0 aromatic heterocycles. The largest absolute Gasteiger partial charge is 0.496 e. The summed E-state index contributed by atoms with van der Waals surface area (Å²) in [5, 5.41) is 2.05. The highest BCUT2D eigenvalue weighted by Gasteiger charge is 2.61. The van der Waals surface area contributed by atoms with Crippen LogP contribution in [0.1, 0.15) is 11.6 Å². The molecule has 5 rings (SSSR count). The van der Waals surface area contributed by atoms with Crippen molar-refractivity contribution < 1.29 is 19.2 Å². The van der Waals surface area contributed by atoms with E-state index in [0.29, 0.717) is 5.75 Å². The van der Waals surface area contributed by atoms with Gasteiger partial charge in [-0.05, 0) is 30.3 Å². The number of hydrogen-bond donors (Lipinski definition) is 0. The van der Waals surface area contributed by atoms with Gasteiger partial charge in [0, 0.05) is 5.56 Å². The molecular weight excluding hydrogens is 451 g/mol. The maximum Gasteiger partial charge on any atom is 0.266 e. The van der Waals surface area contributed by atoms with Crippen molar-refractivity contribution in [3.8, 4) is 5.75 Å². The number of hydrogen-bond acceptors (Lipinski definition) is 5. The molecule has 2 heterocycles. The van der Waals surface area contributed by atoms with Crippen LogP contribution in [0.25, 0.3) is 0 Å². The first-order valence-corrected chi connectivity index (χ1v) is 10.7. The number of rotatable bonds is 4. The molecule has 6 nitrogen and oxygen atoms in total. The minimum atomic E-state index is -1.02. The molecule has 2 fully saturated rings. The molecule has 2 amide bonds. The Morgan fingerprint density at radius 3 is 2.19 bits per heavy atom. The zero-order chi connectivity index (χ0) is 22.4. The molecule has 0 spiro atoms. The third-order valence-electron chi connectivity index (χ3n) is 5.74. The highest BCUT2D eigenvalue weighted by Crippen LogP contribution is 2.50. The molecule has 0 aliphatic carbocycles. The number of para-hydroxylation sites is 3. The number of amides is 2. The quantitative estimate of drug-likeness (QED) is 0.501. The Morgan fingerprint density at radius 2 is 1.50 bits per heavy atom. The molecule has 8 heteroatoms. The van der Waals surface area contributed by atoms with Crippen LogP contribution >= 0.6 is 23.2 Å². The summed E-state index contributed by atoms with van der Waals surface area (Å²) >= 11 is 12.6. The first-order valence-electron chi connectivity index (χ1n) is 9.98. The van der Waals surface area contributed by atoms with Crippen molar-refractivity contribution in [2.75, 3.05) is 17.1 Å². The normalized spacial score (nSPS) is 22.4. The van der Waals surface area contributed by atoms with Gasteiger partial charge in [-0.25, -0.2) is 9.96 Å². The van der Waals surface area contributed by atoms with E-state index < -0.39 is 29.9 Å². The number of hydroxylamine groups is 1. The number of benzene rings is 3. The molecule has 0 unspecified atom stereocenters. The van der Waals surface area contributed by atoms with Gasteiger partial charge in [-0.1, -0.05) is 65.7 Å². The predicted molar refractivity (Wildman–Crippen MR) is 122 cm³/mol. The van der Waals surface area contributed by atoms with Gasteiger partial charge in [0.1, 0.15) is 11.7 Å². The fourth-order valence-electron chi connectivity index (χ4n) is 4.36. The molecule has 2 aliphatic rings. The fourth-order valence-corrected chi connectivity index (χ4v) is 4.93. The van der Waals surface area contributed by atoms with Crippen molar-refractivity contribution in [1.29, 1.82) is 0 Å². The minimum absolute atomic E-state index is 0.175. The summed E-state index contributed by atoms with van der Waals surface area (Å²) < 4.78 is 5.57. The van der Waals surface area contributed by atoms with E-state index >= 15 is 0 Å². The average Bonchev–Trinajstić information content (AvgIpc) is 3.31. The highest BCUT2D eigenvalue weighted by atomic mass is 35.5. The lowest BCUT2D eigenvalue weighted by Gasteiger charge is -2.29. The zero-order valence-electron chi connectivity index (χ0n) is 16.9. The lowest BCUT2D eigenvalue weighted by Crippen LogP contribution is -2.37. The number of fused-ring (bicyclic) bond motifs is 1. The van der Waals surface area contributed by atoms with Crippen LogP contribution in [0.3, 0.4) is 0 Å². The summed E-state index contributed by atoms with van der Waals surface area (Å²) in [6.07, 6.45) is -1.02. The summed E-state index contributed by atoms with van der Waals surface area (Å²) in [5.41, 5.74) is 1.63. The third-order valence-corrected chi connectivity index (χ3v) is 6.35. The molecule has 3 atom stereocenters.